The molecular weight excluding hydrogens is 286 g/mol. The van der Waals surface area contributed by atoms with E-state index in [1.807, 2.05) is 0 Å². The zero-order chi connectivity index (χ0) is 14.7. The molecule has 0 aliphatic rings. The van der Waals surface area contributed by atoms with E-state index in [4.69, 9.17) is 19.3 Å². The van der Waals surface area contributed by atoms with Crippen LogP contribution in [0.25, 0.3) is 0 Å². The first-order valence-electron chi connectivity index (χ1n) is 5.39. The van der Waals surface area contributed by atoms with E-state index in [0.717, 1.165) is 11.5 Å². The second-order valence-electron chi connectivity index (χ2n) is 3.57. The van der Waals surface area contributed by atoms with Crippen LogP contribution in [0, 0.1) is 6.92 Å². The molecule has 0 radical (unpaired) electrons. The summed E-state index contributed by atoms with van der Waals surface area (Å²) < 4.78 is 19.3. The van der Waals surface area contributed by atoms with Gasteiger partial charge < -0.3 is 19.3 Å². The molecule has 9 heteroatoms. The van der Waals surface area contributed by atoms with Crippen molar-refractivity contribution in [3.05, 3.63) is 16.6 Å². The smallest absolute Gasteiger partial charge is 0.351 e. The van der Waals surface area contributed by atoms with Gasteiger partial charge in [-0.05, 0) is 18.5 Å². The number of hydrogen-bond acceptors (Lipinski definition) is 8. The largest absolute Gasteiger partial charge is 0.481 e. The van der Waals surface area contributed by atoms with Crippen LogP contribution in [0.3, 0.4) is 0 Å². The van der Waals surface area contributed by atoms with Gasteiger partial charge in [-0.25, -0.2) is 4.79 Å². The Morgan fingerprint density at radius 3 is 2.35 bits per heavy atom. The van der Waals surface area contributed by atoms with Crippen LogP contribution in [0.4, 0.5) is 0 Å². The molecular formula is C11H11N3O5S. The summed E-state index contributed by atoms with van der Waals surface area (Å²) in [7, 11) is 2.87. The van der Waals surface area contributed by atoms with E-state index in [-0.39, 0.29) is 28.4 Å². The van der Waals surface area contributed by atoms with Gasteiger partial charge >= 0.3 is 12.0 Å². The van der Waals surface area contributed by atoms with E-state index in [9.17, 15) is 4.79 Å². The lowest BCUT2D eigenvalue weighted by Crippen LogP contribution is -2.01. The summed E-state index contributed by atoms with van der Waals surface area (Å²) in [6, 6.07) is 1.40. The average Bonchev–Trinajstić information content (AvgIpc) is 2.80. The Labute approximate surface area is 118 Å². The molecule has 0 aliphatic carbocycles. The van der Waals surface area contributed by atoms with E-state index in [0.29, 0.717) is 5.69 Å². The minimum Gasteiger partial charge on any atom is -0.481 e. The molecule has 0 aromatic carbocycles. The Morgan fingerprint density at radius 1 is 1.25 bits per heavy atom. The normalized spacial score (nSPS) is 10.2. The fourth-order valence-electron chi connectivity index (χ4n) is 1.35. The van der Waals surface area contributed by atoms with E-state index in [1.54, 1.807) is 6.92 Å². The van der Waals surface area contributed by atoms with E-state index in [2.05, 4.69) is 14.3 Å². The van der Waals surface area contributed by atoms with Gasteiger partial charge in [0.1, 0.15) is 0 Å². The molecule has 2 aromatic rings. The predicted molar refractivity (Wildman–Crippen MR) is 69.0 cm³/mol. The quantitative estimate of drug-likeness (QED) is 0.890. The van der Waals surface area contributed by atoms with Crippen LogP contribution >= 0.6 is 11.5 Å². The number of aryl methyl sites for hydroxylation is 1. The van der Waals surface area contributed by atoms with Crippen molar-refractivity contribution in [3.63, 3.8) is 0 Å². The van der Waals surface area contributed by atoms with Gasteiger partial charge in [0.15, 0.2) is 10.6 Å². The topological polar surface area (TPSA) is 104 Å². The maximum absolute atomic E-state index is 11.1. The van der Waals surface area contributed by atoms with Gasteiger partial charge in [-0.3, -0.25) is 0 Å². The number of carboxylic acids is 1. The van der Waals surface area contributed by atoms with Gasteiger partial charge in [-0.15, -0.1) is 0 Å². The monoisotopic (exact) mass is 297 g/mol. The molecule has 106 valence electrons. The Bertz CT molecular complexity index is 621. The molecule has 0 fully saturated rings. The number of methoxy groups -OCH3 is 2. The molecule has 2 aromatic heterocycles. The van der Waals surface area contributed by atoms with Gasteiger partial charge in [0.2, 0.25) is 11.8 Å². The lowest BCUT2D eigenvalue weighted by molar-refractivity contribution is 0.0699. The molecule has 0 spiro atoms. The summed E-state index contributed by atoms with van der Waals surface area (Å²) in [6.07, 6.45) is 0. The molecule has 2 heterocycles. The highest BCUT2D eigenvalue weighted by molar-refractivity contribution is 7.08. The number of carboxylic acid groups (broad SMARTS) is 1. The van der Waals surface area contributed by atoms with Gasteiger partial charge in [-0.1, -0.05) is 0 Å². The van der Waals surface area contributed by atoms with Crippen molar-refractivity contribution in [2.45, 2.75) is 6.92 Å². The Morgan fingerprint density at radius 2 is 1.85 bits per heavy atom. The molecule has 20 heavy (non-hydrogen) atoms. The van der Waals surface area contributed by atoms with Crippen LogP contribution in [-0.4, -0.2) is 39.6 Å². The van der Waals surface area contributed by atoms with Crippen molar-refractivity contribution < 1.29 is 24.1 Å². The lowest BCUT2D eigenvalue weighted by atomic mass is 10.3. The SMILES string of the molecule is COc1cc(OC)nc(Oc2c(C)nsc2C(=O)O)n1. The third kappa shape index (κ3) is 2.77. The molecule has 1 N–H and O–H groups in total. The molecule has 0 saturated heterocycles. The van der Waals surface area contributed by atoms with E-state index in [1.165, 1.54) is 20.3 Å². The first kappa shape index (κ1) is 14.0. The molecule has 8 nitrogen and oxygen atoms in total. The first-order chi connectivity index (χ1) is 9.55. The highest BCUT2D eigenvalue weighted by Crippen LogP contribution is 2.31. The summed E-state index contributed by atoms with van der Waals surface area (Å²) in [5.41, 5.74) is 0.442. The predicted octanol–water partition coefficient (Wildman–Crippen LogP) is 1.75. The summed E-state index contributed by atoms with van der Waals surface area (Å²) >= 11 is 0.831. The standard InChI is InChI=1S/C11H11N3O5S/c1-5-8(9(10(15)16)20-14-5)19-11-12-6(17-2)4-7(13-11)18-3/h4H,1-3H3,(H,15,16). The maximum atomic E-state index is 11.1. The fraction of sp³-hybridized carbons (Fsp3) is 0.273. The summed E-state index contributed by atoms with van der Waals surface area (Å²) in [5.74, 6) is -0.535. The second kappa shape index (κ2) is 5.70. The molecule has 0 atom stereocenters. The Hall–Kier alpha value is -2.42. The van der Waals surface area contributed by atoms with Crippen molar-refractivity contribution in [3.8, 4) is 23.5 Å². The Kier molecular flexibility index (Phi) is 3.99. The zero-order valence-electron chi connectivity index (χ0n) is 10.9. The maximum Gasteiger partial charge on any atom is 0.351 e. The second-order valence-corrected chi connectivity index (χ2v) is 4.34. The molecule has 0 bridgehead atoms. The highest BCUT2D eigenvalue weighted by atomic mass is 32.1. The highest BCUT2D eigenvalue weighted by Gasteiger charge is 2.20. The van der Waals surface area contributed by atoms with Crippen LogP contribution in [0.2, 0.25) is 0 Å². The third-order valence-electron chi connectivity index (χ3n) is 2.27. The molecule has 0 aliphatic heterocycles. The van der Waals surface area contributed by atoms with Crippen LogP contribution in [0.1, 0.15) is 15.4 Å². The van der Waals surface area contributed by atoms with Gasteiger partial charge in [0, 0.05) is 0 Å². The molecule has 2 rings (SSSR count). The number of hydrogen-bond donors (Lipinski definition) is 1. The molecule has 0 unspecified atom stereocenters. The van der Waals surface area contributed by atoms with Gasteiger partial charge in [-0.2, -0.15) is 14.3 Å². The van der Waals surface area contributed by atoms with Crippen molar-refractivity contribution >= 4 is 17.5 Å². The number of carbonyl (C=O) groups is 1. The summed E-state index contributed by atoms with van der Waals surface area (Å²) in [5, 5.41) is 9.06. The van der Waals surface area contributed by atoms with Crippen molar-refractivity contribution in [1.82, 2.24) is 14.3 Å². The lowest BCUT2D eigenvalue weighted by Gasteiger charge is -2.07. The van der Waals surface area contributed by atoms with Crippen molar-refractivity contribution in [1.29, 1.82) is 0 Å². The van der Waals surface area contributed by atoms with Crippen LogP contribution in [0.5, 0.6) is 23.5 Å². The number of aromatic carboxylic acids is 1. The zero-order valence-corrected chi connectivity index (χ0v) is 11.7. The first-order valence-corrected chi connectivity index (χ1v) is 6.17. The van der Waals surface area contributed by atoms with Gasteiger partial charge in [0.05, 0.1) is 26.0 Å². The number of rotatable bonds is 5. The summed E-state index contributed by atoms with van der Waals surface area (Å²) in [4.78, 5) is 19.0. The Balaban J connectivity index is 2.39. The number of aromatic nitrogens is 3. The third-order valence-corrected chi connectivity index (χ3v) is 3.18. The van der Waals surface area contributed by atoms with Crippen LogP contribution < -0.4 is 14.2 Å². The number of ether oxygens (including phenoxy) is 3. The van der Waals surface area contributed by atoms with E-state index >= 15 is 0 Å². The van der Waals surface area contributed by atoms with Crippen molar-refractivity contribution in [2.75, 3.05) is 14.2 Å². The fourth-order valence-corrected chi connectivity index (χ4v) is 2.01. The average molecular weight is 297 g/mol. The van der Waals surface area contributed by atoms with Crippen LogP contribution in [0.15, 0.2) is 6.07 Å². The molecule has 0 saturated carbocycles. The number of nitrogens with zero attached hydrogens (tertiary/aromatic N) is 3. The molecule has 0 amide bonds. The minimum atomic E-state index is -1.12. The van der Waals surface area contributed by atoms with E-state index < -0.39 is 5.97 Å². The minimum absolute atomic E-state index is 0.0205. The summed E-state index contributed by atoms with van der Waals surface area (Å²) in [6.45, 7) is 1.63. The van der Waals surface area contributed by atoms with Crippen LogP contribution in [-0.2, 0) is 0 Å². The van der Waals surface area contributed by atoms with Crippen molar-refractivity contribution in [2.24, 2.45) is 0 Å². The van der Waals surface area contributed by atoms with Gasteiger partial charge in [0.25, 0.3) is 0 Å².